The van der Waals surface area contributed by atoms with Crippen LogP contribution in [-0.2, 0) is 4.74 Å². The number of rotatable bonds is 4. The third-order valence-corrected chi connectivity index (χ3v) is 5.18. The maximum atomic E-state index is 5.74. The van der Waals surface area contributed by atoms with Gasteiger partial charge in [0, 0.05) is 11.4 Å². The molecule has 1 nitrogen and oxygen atoms in total. The zero-order chi connectivity index (χ0) is 13.9. The molecule has 1 aliphatic heterocycles. The minimum Gasteiger partial charge on any atom is -0.378 e. The topological polar surface area (TPSA) is 9.23 Å². The van der Waals surface area contributed by atoms with Crippen LogP contribution in [-0.4, -0.2) is 12.7 Å². The van der Waals surface area contributed by atoms with E-state index in [0.29, 0.717) is 10.9 Å². The molecule has 0 N–H and O–H groups in total. The summed E-state index contributed by atoms with van der Waals surface area (Å²) in [6.45, 7) is 3.16. The minimum absolute atomic E-state index is 0.415. The first-order valence-electron chi connectivity index (χ1n) is 7.49. The fourth-order valence-electron chi connectivity index (χ4n) is 3.17. The molecule has 1 heterocycles. The van der Waals surface area contributed by atoms with Crippen LogP contribution in [0.25, 0.3) is 10.8 Å². The van der Waals surface area contributed by atoms with Gasteiger partial charge < -0.3 is 4.74 Å². The van der Waals surface area contributed by atoms with Crippen LogP contribution in [0.1, 0.15) is 41.6 Å². The molecular weight excluding hydrogens is 312 g/mol. The molecule has 0 amide bonds. The van der Waals surface area contributed by atoms with Crippen molar-refractivity contribution in [2.75, 3.05) is 6.61 Å². The second-order valence-corrected chi connectivity index (χ2v) is 6.80. The van der Waals surface area contributed by atoms with Gasteiger partial charge in [-0.25, -0.2) is 0 Å². The molecule has 0 radical (unpaired) electrons. The molecule has 2 atom stereocenters. The summed E-state index contributed by atoms with van der Waals surface area (Å²) >= 11 is 3.91. The van der Waals surface area contributed by atoms with Gasteiger partial charge in [-0.3, -0.25) is 0 Å². The summed E-state index contributed by atoms with van der Waals surface area (Å²) in [4.78, 5) is 0.415. The summed E-state index contributed by atoms with van der Waals surface area (Å²) in [5.74, 6) is 0. The predicted octanol–water partition coefficient (Wildman–Crippen LogP) is 5.54. The highest BCUT2D eigenvalue weighted by atomic mass is 79.9. The van der Waals surface area contributed by atoms with E-state index in [1.807, 2.05) is 0 Å². The zero-order valence-electron chi connectivity index (χ0n) is 11.9. The first-order chi connectivity index (χ1) is 9.75. The van der Waals surface area contributed by atoms with Crippen molar-refractivity contribution in [2.45, 2.75) is 43.5 Å². The number of fused-ring (bicyclic) bond motifs is 1. The maximum absolute atomic E-state index is 5.74. The molecule has 106 valence electrons. The Bertz CT molecular complexity index is 587. The second kappa shape index (κ2) is 6.28. The number of aryl methyl sites for hydroxylation is 1. The van der Waals surface area contributed by atoms with Crippen LogP contribution >= 0.6 is 15.9 Å². The average molecular weight is 333 g/mol. The Morgan fingerprint density at radius 2 is 2.10 bits per heavy atom. The fourth-order valence-corrected chi connectivity index (χ4v) is 4.04. The third-order valence-electron chi connectivity index (χ3n) is 4.27. The summed E-state index contributed by atoms with van der Waals surface area (Å²) in [7, 11) is 0. The first kappa shape index (κ1) is 14.1. The summed E-state index contributed by atoms with van der Waals surface area (Å²) in [6.07, 6.45) is 5.22. The molecule has 2 aromatic carbocycles. The maximum Gasteiger partial charge on any atom is 0.0576 e. The number of alkyl halides is 1. The van der Waals surface area contributed by atoms with E-state index in [9.17, 15) is 0 Å². The van der Waals surface area contributed by atoms with Crippen molar-refractivity contribution in [3.8, 4) is 0 Å². The van der Waals surface area contributed by atoms with Gasteiger partial charge in [-0.2, -0.15) is 0 Å². The second-order valence-electron chi connectivity index (χ2n) is 5.70. The normalized spacial score (nSPS) is 20.4. The van der Waals surface area contributed by atoms with E-state index in [1.165, 1.54) is 34.7 Å². The molecule has 1 saturated heterocycles. The van der Waals surface area contributed by atoms with Crippen molar-refractivity contribution in [1.29, 1.82) is 0 Å². The van der Waals surface area contributed by atoms with Gasteiger partial charge >= 0.3 is 0 Å². The molecule has 20 heavy (non-hydrogen) atoms. The Morgan fingerprint density at radius 3 is 2.90 bits per heavy atom. The van der Waals surface area contributed by atoms with Crippen LogP contribution in [0.15, 0.2) is 36.4 Å². The van der Waals surface area contributed by atoms with Crippen LogP contribution < -0.4 is 0 Å². The van der Waals surface area contributed by atoms with Gasteiger partial charge in [0.05, 0.1) is 6.10 Å². The molecule has 0 aliphatic carbocycles. The Balaban J connectivity index is 1.82. The van der Waals surface area contributed by atoms with Gasteiger partial charge in [0.2, 0.25) is 0 Å². The van der Waals surface area contributed by atoms with E-state index in [4.69, 9.17) is 4.74 Å². The molecular formula is C18H21BrO. The summed E-state index contributed by atoms with van der Waals surface area (Å²) in [5, 5.41) is 2.70. The third kappa shape index (κ3) is 2.91. The highest BCUT2D eigenvalue weighted by molar-refractivity contribution is 9.09. The molecule has 3 rings (SSSR count). The largest absolute Gasteiger partial charge is 0.378 e. The summed E-state index contributed by atoms with van der Waals surface area (Å²) in [5.41, 5.74) is 2.82. The van der Waals surface area contributed by atoms with Crippen molar-refractivity contribution in [3.05, 3.63) is 47.5 Å². The number of hydrogen-bond donors (Lipinski definition) is 0. The zero-order valence-corrected chi connectivity index (χ0v) is 13.5. The van der Waals surface area contributed by atoms with Crippen LogP contribution in [0.3, 0.4) is 0 Å². The SMILES string of the molecule is Cc1ccc2ccccc2c1C(Br)CCC1CCCO1. The van der Waals surface area contributed by atoms with E-state index in [2.05, 4.69) is 59.3 Å². The molecule has 2 unspecified atom stereocenters. The molecule has 0 spiro atoms. The molecule has 1 fully saturated rings. The quantitative estimate of drug-likeness (QED) is 0.667. The molecule has 0 saturated carbocycles. The Labute approximate surface area is 129 Å². The Hall–Kier alpha value is -0.860. The van der Waals surface area contributed by atoms with Crippen LogP contribution in [0, 0.1) is 6.92 Å². The number of benzene rings is 2. The first-order valence-corrected chi connectivity index (χ1v) is 8.41. The van der Waals surface area contributed by atoms with Crippen molar-refractivity contribution >= 4 is 26.7 Å². The summed E-state index contributed by atoms with van der Waals surface area (Å²) < 4.78 is 5.74. The highest BCUT2D eigenvalue weighted by Crippen LogP contribution is 2.36. The lowest BCUT2D eigenvalue weighted by molar-refractivity contribution is 0.102. The smallest absolute Gasteiger partial charge is 0.0576 e. The standard InChI is InChI=1S/C18H21BrO/c1-13-8-9-14-5-2-3-7-16(14)18(13)17(19)11-10-15-6-4-12-20-15/h2-3,5,7-9,15,17H,4,6,10-12H2,1H3. The molecule has 0 aromatic heterocycles. The van der Waals surface area contributed by atoms with E-state index in [0.717, 1.165) is 19.4 Å². The molecule has 2 heteroatoms. The average Bonchev–Trinajstić information content (AvgIpc) is 2.98. The van der Waals surface area contributed by atoms with Gasteiger partial charge in [-0.05, 0) is 54.5 Å². The molecule has 1 aliphatic rings. The minimum atomic E-state index is 0.415. The van der Waals surface area contributed by atoms with Gasteiger partial charge in [0.15, 0.2) is 0 Å². The van der Waals surface area contributed by atoms with E-state index >= 15 is 0 Å². The van der Waals surface area contributed by atoms with Gasteiger partial charge in [-0.1, -0.05) is 52.3 Å². The Kier molecular flexibility index (Phi) is 4.42. The van der Waals surface area contributed by atoms with Crippen molar-refractivity contribution in [2.24, 2.45) is 0 Å². The van der Waals surface area contributed by atoms with Crippen molar-refractivity contribution in [3.63, 3.8) is 0 Å². The van der Waals surface area contributed by atoms with Crippen molar-refractivity contribution in [1.82, 2.24) is 0 Å². The number of hydrogen-bond acceptors (Lipinski definition) is 1. The highest BCUT2D eigenvalue weighted by Gasteiger charge is 2.19. The fraction of sp³-hybridized carbons (Fsp3) is 0.444. The number of ether oxygens (including phenoxy) is 1. The molecule has 0 bridgehead atoms. The van der Waals surface area contributed by atoms with Crippen molar-refractivity contribution < 1.29 is 4.74 Å². The van der Waals surface area contributed by atoms with Crippen LogP contribution in [0.4, 0.5) is 0 Å². The van der Waals surface area contributed by atoms with Crippen LogP contribution in [0.2, 0.25) is 0 Å². The van der Waals surface area contributed by atoms with Gasteiger partial charge in [-0.15, -0.1) is 0 Å². The monoisotopic (exact) mass is 332 g/mol. The number of halogens is 1. The van der Waals surface area contributed by atoms with Gasteiger partial charge in [0.25, 0.3) is 0 Å². The van der Waals surface area contributed by atoms with E-state index < -0.39 is 0 Å². The predicted molar refractivity (Wildman–Crippen MR) is 88.6 cm³/mol. The van der Waals surface area contributed by atoms with Gasteiger partial charge in [0.1, 0.15) is 0 Å². The lowest BCUT2D eigenvalue weighted by Gasteiger charge is -2.18. The lowest BCUT2D eigenvalue weighted by atomic mass is 9.95. The summed E-state index contributed by atoms with van der Waals surface area (Å²) in [6, 6.07) is 13.1. The Morgan fingerprint density at radius 1 is 1.25 bits per heavy atom. The lowest BCUT2D eigenvalue weighted by Crippen LogP contribution is -2.06. The van der Waals surface area contributed by atoms with E-state index in [1.54, 1.807) is 0 Å². The van der Waals surface area contributed by atoms with Crippen LogP contribution in [0.5, 0.6) is 0 Å². The molecule has 2 aromatic rings. The van der Waals surface area contributed by atoms with E-state index in [-0.39, 0.29) is 0 Å².